The third kappa shape index (κ3) is 5.85. The Hall–Kier alpha value is -3.14. The first kappa shape index (κ1) is 24.0. The molecular formula is C24H21ClN4O3S2. The third-order valence-corrected chi connectivity index (χ3v) is 7.68. The van der Waals surface area contributed by atoms with Crippen LogP contribution >= 0.6 is 23.4 Å². The molecule has 0 spiro atoms. The van der Waals surface area contributed by atoms with E-state index in [0.717, 1.165) is 5.56 Å². The topological polar surface area (TPSA) is 94.0 Å². The minimum atomic E-state index is -3.65. The van der Waals surface area contributed by atoms with Gasteiger partial charge in [0, 0.05) is 16.4 Å². The molecule has 1 amide bonds. The van der Waals surface area contributed by atoms with E-state index < -0.39 is 9.84 Å². The lowest BCUT2D eigenvalue weighted by atomic mass is 10.2. The van der Waals surface area contributed by atoms with E-state index >= 15 is 0 Å². The van der Waals surface area contributed by atoms with E-state index in [1.807, 2.05) is 37.3 Å². The number of halogens is 1. The van der Waals surface area contributed by atoms with Crippen molar-refractivity contribution in [3.8, 4) is 5.69 Å². The number of carbonyl (C=O) groups excluding carboxylic acids is 1. The van der Waals surface area contributed by atoms with E-state index in [9.17, 15) is 13.2 Å². The molecule has 0 aliphatic rings. The second kappa shape index (κ2) is 10.4. The Balaban J connectivity index is 1.56. The van der Waals surface area contributed by atoms with Gasteiger partial charge in [-0.2, -0.15) is 0 Å². The van der Waals surface area contributed by atoms with Gasteiger partial charge in [0.1, 0.15) is 5.75 Å². The molecule has 4 rings (SSSR count). The summed E-state index contributed by atoms with van der Waals surface area (Å²) < 4.78 is 27.7. The van der Waals surface area contributed by atoms with Gasteiger partial charge in [0.2, 0.25) is 5.91 Å². The van der Waals surface area contributed by atoms with Gasteiger partial charge >= 0.3 is 0 Å². The number of carbonyl (C=O) groups is 1. The van der Waals surface area contributed by atoms with Crippen LogP contribution in [0.1, 0.15) is 11.4 Å². The summed E-state index contributed by atoms with van der Waals surface area (Å²) in [5.41, 5.74) is 2.31. The summed E-state index contributed by atoms with van der Waals surface area (Å²) in [6, 6.07) is 22.7. The van der Waals surface area contributed by atoms with Gasteiger partial charge in [-0.1, -0.05) is 59.3 Å². The van der Waals surface area contributed by atoms with Crippen molar-refractivity contribution < 1.29 is 13.2 Å². The van der Waals surface area contributed by atoms with Crippen LogP contribution in [0.15, 0.2) is 88.9 Å². The van der Waals surface area contributed by atoms with Crippen LogP contribution in [0, 0.1) is 6.92 Å². The van der Waals surface area contributed by atoms with Crippen LogP contribution in [-0.4, -0.2) is 34.8 Å². The van der Waals surface area contributed by atoms with E-state index in [4.69, 9.17) is 11.6 Å². The number of aromatic nitrogens is 3. The van der Waals surface area contributed by atoms with Crippen molar-refractivity contribution in [1.29, 1.82) is 0 Å². The molecule has 34 heavy (non-hydrogen) atoms. The first-order chi connectivity index (χ1) is 16.3. The molecule has 0 fully saturated rings. The summed E-state index contributed by atoms with van der Waals surface area (Å²) in [5.74, 6) is -0.218. The van der Waals surface area contributed by atoms with Crippen LogP contribution < -0.4 is 5.32 Å². The van der Waals surface area contributed by atoms with Crippen molar-refractivity contribution in [2.75, 3.05) is 11.1 Å². The standard InChI is InChI=1S/C24H21ClN4O3S2/c1-17-7-13-21(14-8-17)34(31,32)16-22-27-28-24(29(22)20-5-3-2-4-6-20)33-15-23(30)26-19-11-9-18(25)10-12-19/h2-14H,15-16H2,1H3,(H,26,30). The van der Waals surface area contributed by atoms with E-state index in [0.29, 0.717) is 21.6 Å². The molecule has 10 heteroatoms. The number of nitrogens with zero attached hydrogens (tertiary/aromatic N) is 3. The second-order valence-corrected chi connectivity index (χ2v) is 10.9. The summed E-state index contributed by atoms with van der Waals surface area (Å²) in [6.07, 6.45) is 0. The molecule has 3 aromatic carbocycles. The number of sulfone groups is 1. The van der Waals surface area contributed by atoms with Crippen LogP contribution in [-0.2, 0) is 20.4 Å². The molecule has 1 aromatic heterocycles. The maximum absolute atomic E-state index is 13.0. The highest BCUT2D eigenvalue weighted by Crippen LogP contribution is 2.25. The number of anilines is 1. The zero-order valence-corrected chi connectivity index (χ0v) is 20.6. The highest BCUT2D eigenvalue weighted by Gasteiger charge is 2.23. The number of nitrogens with one attached hydrogen (secondary N) is 1. The zero-order chi connectivity index (χ0) is 24.1. The molecule has 174 valence electrons. The number of thioether (sulfide) groups is 1. The molecule has 0 aliphatic heterocycles. The molecular weight excluding hydrogens is 492 g/mol. The quantitative estimate of drug-likeness (QED) is 0.336. The highest BCUT2D eigenvalue weighted by molar-refractivity contribution is 7.99. The lowest BCUT2D eigenvalue weighted by molar-refractivity contribution is -0.113. The van der Waals surface area contributed by atoms with Crippen molar-refractivity contribution in [3.05, 3.63) is 95.3 Å². The molecule has 0 unspecified atom stereocenters. The van der Waals surface area contributed by atoms with Gasteiger partial charge in [0.15, 0.2) is 20.8 Å². The number of para-hydroxylation sites is 1. The monoisotopic (exact) mass is 512 g/mol. The predicted octanol–water partition coefficient (Wildman–Crippen LogP) is 4.93. The van der Waals surface area contributed by atoms with Gasteiger partial charge in [-0.25, -0.2) is 8.42 Å². The van der Waals surface area contributed by atoms with E-state index in [-0.39, 0.29) is 28.1 Å². The van der Waals surface area contributed by atoms with Gasteiger partial charge in [-0.05, 0) is 55.5 Å². The Morgan fingerprint density at radius 1 is 0.971 bits per heavy atom. The lowest BCUT2D eigenvalue weighted by Crippen LogP contribution is -2.15. The first-order valence-electron chi connectivity index (χ1n) is 10.3. The van der Waals surface area contributed by atoms with Gasteiger partial charge in [0.05, 0.1) is 10.6 Å². The molecule has 4 aromatic rings. The average Bonchev–Trinajstić information content (AvgIpc) is 3.21. The van der Waals surface area contributed by atoms with Crippen LogP contribution in [0.2, 0.25) is 5.02 Å². The summed E-state index contributed by atoms with van der Waals surface area (Å²) >= 11 is 7.05. The van der Waals surface area contributed by atoms with E-state index in [1.54, 1.807) is 53.1 Å². The average molecular weight is 513 g/mol. The van der Waals surface area contributed by atoms with Gasteiger partial charge < -0.3 is 5.32 Å². The SMILES string of the molecule is Cc1ccc(S(=O)(=O)Cc2nnc(SCC(=O)Nc3ccc(Cl)cc3)n2-c2ccccc2)cc1. The maximum Gasteiger partial charge on any atom is 0.234 e. The van der Waals surface area contributed by atoms with Gasteiger partial charge in [0.25, 0.3) is 0 Å². The smallest absolute Gasteiger partial charge is 0.234 e. The fourth-order valence-corrected chi connectivity index (χ4v) is 5.32. The molecule has 0 saturated heterocycles. The van der Waals surface area contributed by atoms with Crippen LogP contribution in [0.3, 0.4) is 0 Å². The molecule has 7 nitrogen and oxygen atoms in total. The summed E-state index contributed by atoms with van der Waals surface area (Å²) in [4.78, 5) is 12.7. The number of hydrogen-bond donors (Lipinski definition) is 1. The number of benzene rings is 3. The number of amides is 1. The Kier molecular flexibility index (Phi) is 7.35. The van der Waals surface area contributed by atoms with Crippen LogP contribution in [0.4, 0.5) is 5.69 Å². The minimum absolute atomic E-state index is 0.0678. The summed E-state index contributed by atoms with van der Waals surface area (Å²) in [6.45, 7) is 1.90. The van der Waals surface area contributed by atoms with Crippen molar-refractivity contribution in [2.24, 2.45) is 0 Å². The Labute approximate surface area is 207 Å². The predicted molar refractivity (Wildman–Crippen MR) is 134 cm³/mol. The fraction of sp³-hybridized carbons (Fsp3) is 0.125. The molecule has 1 N–H and O–H groups in total. The second-order valence-electron chi connectivity index (χ2n) is 7.49. The summed E-state index contributed by atoms with van der Waals surface area (Å²) in [5, 5.41) is 12.1. The van der Waals surface area contributed by atoms with Crippen molar-refractivity contribution in [3.63, 3.8) is 0 Å². The zero-order valence-electron chi connectivity index (χ0n) is 18.2. The van der Waals surface area contributed by atoms with Crippen molar-refractivity contribution >= 4 is 44.8 Å². The summed E-state index contributed by atoms with van der Waals surface area (Å²) in [7, 11) is -3.65. The Morgan fingerprint density at radius 2 is 1.65 bits per heavy atom. The Morgan fingerprint density at radius 3 is 2.32 bits per heavy atom. The van der Waals surface area contributed by atoms with E-state index in [1.165, 1.54) is 11.8 Å². The maximum atomic E-state index is 13.0. The minimum Gasteiger partial charge on any atom is -0.325 e. The normalized spacial score (nSPS) is 11.4. The fourth-order valence-electron chi connectivity index (χ4n) is 3.18. The molecule has 1 heterocycles. The number of hydrogen-bond acceptors (Lipinski definition) is 6. The van der Waals surface area contributed by atoms with E-state index in [2.05, 4.69) is 15.5 Å². The molecule has 0 saturated carbocycles. The third-order valence-electron chi connectivity index (χ3n) is 4.87. The highest BCUT2D eigenvalue weighted by atomic mass is 35.5. The van der Waals surface area contributed by atoms with Crippen LogP contribution in [0.5, 0.6) is 0 Å². The first-order valence-corrected chi connectivity index (χ1v) is 13.3. The number of aryl methyl sites for hydroxylation is 1. The van der Waals surface area contributed by atoms with Crippen molar-refractivity contribution in [1.82, 2.24) is 14.8 Å². The van der Waals surface area contributed by atoms with Crippen molar-refractivity contribution in [2.45, 2.75) is 22.7 Å². The molecule has 0 atom stereocenters. The molecule has 0 radical (unpaired) electrons. The molecule has 0 aliphatic carbocycles. The lowest BCUT2D eigenvalue weighted by Gasteiger charge is -2.11. The largest absolute Gasteiger partial charge is 0.325 e. The van der Waals surface area contributed by atoms with Gasteiger partial charge in [-0.15, -0.1) is 10.2 Å². The van der Waals surface area contributed by atoms with Gasteiger partial charge in [-0.3, -0.25) is 9.36 Å². The van der Waals surface area contributed by atoms with Crippen LogP contribution in [0.25, 0.3) is 5.69 Å². The number of rotatable bonds is 8. The Bertz CT molecular complexity index is 1390. The molecule has 0 bridgehead atoms.